The fourth-order valence-electron chi connectivity index (χ4n) is 1.78. The zero-order valence-electron chi connectivity index (χ0n) is 10.0. The van der Waals surface area contributed by atoms with Gasteiger partial charge in [0.15, 0.2) is 5.96 Å². The standard InChI is InChI=1S/C12H16ClN3O/c1-16-6-5-14-12(16)15-8-9-7-10(13)3-4-11(9)17-2/h3-4,7H,5-6,8H2,1-2H3,(H,14,15). The molecule has 4 nitrogen and oxygen atoms in total. The zero-order chi connectivity index (χ0) is 12.3. The first-order valence-corrected chi connectivity index (χ1v) is 5.90. The number of ether oxygens (including phenoxy) is 1. The van der Waals surface area contributed by atoms with Gasteiger partial charge in [-0.05, 0) is 18.2 Å². The fraction of sp³-hybridized carbons (Fsp3) is 0.417. The van der Waals surface area contributed by atoms with Crippen LogP contribution >= 0.6 is 11.6 Å². The summed E-state index contributed by atoms with van der Waals surface area (Å²) in [5.74, 6) is 1.76. The first-order valence-electron chi connectivity index (χ1n) is 5.52. The van der Waals surface area contributed by atoms with E-state index in [1.54, 1.807) is 7.11 Å². The van der Waals surface area contributed by atoms with Gasteiger partial charge >= 0.3 is 0 Å². The van der Waals surface area contributed by atoms with E-state index in [9.17, 15) is 0 Å². The van der Waals surface area contributed by atoms with Crippen molar-refractivity contribution < 1.29 is 4.74 Å². The van der Waals surface area contributed by atoms with Crippen LogP contribution in [0, 0.1) is 0 Å². The maximum absolute atomic E-state index is 5.97. The van der Waals surface area contributed by atoms with Crippen molar-refractivity contribution >= 4 is 17.6 Å². The molecule has 0 unspecified atom stereocenters. The van der Waals surface area contributed by atoms with Gasteiger partial charge < -0.3 is 15.0 Å². The molecule has 1 N–H and O–H groups in total. The highest BCUT2D eigenvalue weighted by Crippen LogP contribution is 2.22. The average Bonchev–Trinajstić information content (AvgIpc) is 2.72. The first-order chi connectivity index (χ1) is 8.20. The Labute approximate surface area is 106 Å². The summed E-state index contributed by atoms with van der Waals surface area (Å²) in [5, 5.41) is 4.00. The van der Waals surface area contributed by atoms with Crippen molar-refractivity contribution in [2.24, 2.45) is 4.99 Å². The van der Waals surface area contributed by atoms with Crippen molar-refractivity contribution in [1.82, 2.24) is 10.2 Å². The van der Waals surface area contributed by atoms with Gasteiger partial charge in [-0.3, -0.25) is 4.99 Å². The molecule has 0 aliphatic carbocycles. The molecule has 1 aliphatic rings. The number of rotatable bonds is 3. The summed E-state index contributed by atoms with van der Waals surface area (Å²) in [6.07, 6.45) is 0. The Morgan fingerprint density at radius 2 is 2.35 bits per heavy atom. The van der Waals surface area contributed by atoms with E-state index in [4.69, 9.17) is 16.3 Å². The van der Waals surface area contributed by atoms with Crippen LogP contribution in [0.3, 0.4) is 0 Å². The van der Waals surface area contributed by atoms with Crippen LogP contribution in [0.4, 0.5) is 0 Å². The number of aliphatic imine (C=N–C) groups is 1. The summed E-state index contributed by atoms with van der Waals surface area (Å²) in [6, 6.07) is 5.60. The van der Waals surface area contributed by atoms with Crippen LogP contribution in [0.1, 0.15) is 5.56 Å². The summed E-state index contributed by atoms with van der Waals surface area (Å²) in [5.41, 5.74) is 1.03. The minimum atomic E-state index is 0.660. The SMILES string of the molecule is COc1ccc(Cl)cc1CNC1=NCCN1C. The second-order valence-corrected chi connectivity index (χ2v) is 4.37. The van der Waals surface area contributed by atoms with Crippen LogP contribution < -0.4 is 10.1 Å². The van der Waals surface area contributed by atoms with Crippen LogP contribution in [-0.2, 0) is 6.54 Å². The molecule has 92 valence electrons. The Morgan fingerprint density at radius 3 is 3.00 bits per heavy atom. The fourth-order valence-corrected chi connectivity index (χ4v) is 1.98. The molecule has 0 saturated heterocycles. The van der Waals surface area contributed by atoms with Crippen molar-refractivity contribution in [1.29, 1.82) is 0 Å². The average molecular weight is 254 g/mol. The van der Waals surface area contributed by atoms with Gasteiger partial charge in [0.05, 0.1) is 13.7 Å². The van der Waals surface area contributed by atoms with Crippen molar-refractivity contribution in [3.8, 4) is 5.75 Å². The lowest BCUT2D eigenvalue weighted by atomic mass is 10.2. The zero-order valence-corrected chi connectivity index (χ0v) is 10.8. The van der Waals surface area contributed by atoms with Gasteiger partial charge in [-0.15, -0.1) is 0 Å². The van der Waals surface area contributed by atoms with Gasteiger partial charge in [0.25, 0.3) is 0 Å². The molecule has 0 fully saturated rings. The minimum absolute atomic E-state index is 0.660. The summed E-state index contributed by atoms with van der Waals surface area (Å²) >= 11 is 5.97. The normalized spacial score (nSPS) is 14.8. The smallest absolute Gasteiger partial charge is 0.194 e. The Hall–Kier alpha value is -1.42. The predicted molar refractivity (Wildman–Crippen MR) is 69.8 cm³/mol. The molecule has 2 rings (SSSR count). The second kappa shape index (κ2) is 5.27. The monoisotopic (exact) mass is 253 g/mol. The lowest BCUT2D eigenvalue weighted by Crippen LogP contribution is -2.35. The summed E-state index contributed by atoms with van der Waals surface area (Å²) in [4.78, 5) is 6.46. The molecule has 5 heteroatoms. The highest BCUT2D eigenvalue weighted by atomic mass is 35.5. The molecule has 1 aliphatic heterocycles. The van der Waals surface area contributed by atoms with E-state index in [1.165, 1.54) is 0 Å². The molecular formula is C12H16ClN3O. The number of likely N-dealkylation sites (N-methyl/N-ethyl adjacent to an activating group) is 1. The topological polar surface area (TPSA) is 36.9 Å². The number of guanidine groups is 1. The van der Waals surface area contributed by atoms with E-state index in [0.29, 0.717) is 11.6 Å². The maximum atomic E-state index is 5.97. The molecule has 0 radical (unpaired) electrons. The van der Waals surface area contributed by atoms with E-state index >= 15 is 0 Å². The van der Waals surface area contributed by atoms with E-state index in [-0.39, 0.29) is 0 Å². The molecule has 0 amide bonds. The predicted octanol–water partition coefficient (Wildman–Crippen LogP) is 1.74. The Kier molecular flexibility index (Phi) is 3.74. The van der Waals surface area contributed by atoms with E-state index < -0.39 is 0 Å². The number of nitrogens with one attached hydrogen (secondary N) is 1. The van der Waals surface area contributed by atoms with Crippen LogP contribution in [0.2, 0.25) is 5.02 Å². The van der Waals surface area contributed by atoms with Gasteiger partial charge in [0.1, 0.15) is 5.75 Å². The van der Waals surface area contributed by atoms with E-state index in [1.807, 2.05) is 25.2 Å². The Morgan fingerprint density at radius 1 is 1.53 bits per heavy atom. The highest BCUT2D eigenvalue weighted by molar-refractivity contribution is 6.30. The van der Waals surface area contributed by atoms with Crippen molar-refractivity contribution in [3.63, 3.8) is 0 Å². The van der Waals surface area contributed by atoms with Crippen LogP contribution in [0.5, 0.6) is 5.75 Å². The quantitative estimate of drug-likeness (QED) is 0.892. The van der Waals surface area contributed by atoms with Gasteiger partial charge in [0.2, 0.25) is 0 Å². The molecule has 0 aromatic heterocycles. The van der Waals surface area contributed by atoms with Gasteiger partial charge in [0, 0.05) is 30.7 Å². The number of methoxy groups -OCH3 is 1. The lowest BCUT2D eigenvalue weighted by Gasteiger charge is -2.16. The van der Waals surface area contributed by atoms with Crippen LogP contribution in [0.25, 0.3) is 0 Å². The van der Waals surface area contributed by atoms with Gasteiger partial charge in [-0.2, -0.15) is 0 Å². The number of benzene rings is 1. The third-order valence-corrected chi connectivity index (χ3v) is 2.97. The Bertz CT molecular complexity index is 434. The molecule has 0 atom stereocenters. The highest BCUT2D eigenvalue weighted by Gasteiger charge is 2.12. The Balaban J connectivity index is 2.05. The van der Waals surface area contributed by atoms with E-state index in [0.717, 1.165) is 30.4 Å². The molecule has 1 heterocycles. The molecule has 1 aromatic rings. The van der Waals surface area contributed by atoms with Crippen LogP contribution in [-0.4, -0.2) is 38.1 Å². The number of hydrogen-bond donors (Lipinski definition) is 1. The third-order valence-electron chi connectivity index (χ3n) is 2.74. The molecule has 1 aromatic carbocycles. The van der Waals surface area contributed by atoms with Gasteiger partial charge in [-0.1, -0.05) is 11.6 Å². The minimum Gasteiger partial charge on any atom is -0.496 e. The summed E-state index contributed by atoms with van der Waals surface area (Å²) in [7, 11) is 3.68. The number of nitrogens with zero attached hydrogens (tertiary/aromatic N) is 2. The van der Waals surface area contributed by atoms with E-state index in [2.05, 4.69) is 15.2 Å². The molecule has 0 spiro atoms. The van der Waals surface area contributed by atoms with Crippen molar-refractivity contribution in [3.05, 3.63) is 28.8 Å². The molecule has 0 bridgehead atoms. The van der Waals surface area contributed by atoms with Crippen molar-refractivity contribution in [2.75, 3.05) is 27.2 Å². The second-order valence-electron chi connectivity index (χ2n) is 3.94. The lowest BCUT2D eigenvalue weighted by molar-refractivity contribution is 0.408. The largest absolute Gasteiger partial charge is 0.496 e. The number of halogens is 1. The van der Waals surface area contributed by atoms with Crippen molar-refractivity contribution in [2.45, 2.75) is 6.54 Å². The van der Waals surface area contributed by atoms with Crippen LogP contribution in [0.15, 0.2) is 23.2 Å². The maximum Gasteiger partial charge on any atom is 0.194 e. The third kappa shape index (κ3) is 2.82. The number of hydrogen-bond acceptors (Lipinski definition) is 4. The molecule has 17 heavy (non-hydrogen) atoms. The summed E-state index contributed by atoms with van der Waals surface area (Å²) < 4.78 is 5.29. The molecule has 0 saturated carbocycles. The summed E-state index contributed by atoms with van der Waals surface area (Å²) in [6.45, 7) is 2.48. The first kappa shape index (κ1) is 12.0. The van der Waals surface area contributed by atoms with Gasteiger partial charge in [-0.25, -0.2) is 0 Å². The molecular weight excluding hydrogens is 238 g/mol.